The average molecular weight is 454 g/mol. The van der Waals surface area contributed by atoms with Gasteiger partial charge in [0.1, 0.15) is 11.2 Å². The van der Waals surface area contributed by atoms with Gasteiger partial charge in [-0.1, -0.05) is 43.5 Å². The molecule has 0 saturated heterocycles. The van der Waals surface area contributed by atoms with E-state index in [0.29, 0.717) is 35.3 Å². The number of carbonyl (C=O) groups is 2. The fourth-order valence-electron chi connectivity index (χ4n) is 5.19. The van der Waals surface area contributed by atoms with Gasteiger partial charge in [0.05, 0.1) is 18.3 Å². The van der Waals surface area contributed by atoms with E-state index in [4.69, 9.17) is 16.0 Å². The largest absolute Gasteiger partial charge is 0.463 e. The smallest absolute Gasteiger partial charge is 0.271 e. The van der Waals surface area contributed by atoms with Crippen molar-refractivity contribution in [1.29, 1.82) is 0 Å². The Morgan fingerprint density at radius 1 is 1.25 bits per heavy atom. The van der Waals surface area contributed by atoms with Crippen molar-refractivity contribution in [2.75, 3.05) is 0 Å². The number of hydrogen-bond acceptors (Lipinski definition) is 3. The van der Waals surface area contributed by atoms with Crippen LogP contribution in [0.15, 0.2) is 47.1 Å². The predicted molar refractivity (Wildman–Crippen MR) is 123 cm³/mol. The average Bonchev–Trinajstić information content (AvgIpc) is 3.35. The molecular weight excluding hydrogens is 426 g/mol. The van der Waals surface area contributed by atoms with Crippen LogP contribution in [0.3, 0.4) is 0 Å². The minimum absolute atomic E-state index is 0.109. The second-order valence-electron chi connectivity index (χ2n) is 9.42. The first-order chi connectivity index (χ1) is 15.4. The van der Waals surface area contributed by atoms with Gasteiger partial charge in [0.15, 0.2) is 5.58 Å². The molecule has 0 spiro atoms. The van der Waals surface area contributed by atoms with Gasteiger partial charge in [-0.15, -0.1) is 0 Å². The van der Waals surface area contributed by atoms with Gasteiger partial charge >= 0.3 is 0 Å². The van der Waals surface area contributed by atoms with Crippen molar-refractivity contribution in [2.24, 2.45) is 5.92 Å². The molecule has 1 saturated carbocycles. The van der Waals surface area contributed by atoms with E-state index in [1.54, 1.807) is 23.3 Å². The molecule has 0 radical (unpaired) electrons. The summed E-state index contributed by atoms with van der Waals surface area (Å²) in [5.41, 5.74) is 1.87. The van der Waals surface area contributed by atoms with Crippen LogP contribution in [0, 0.1) is 5.92 Å². The van der Waals surface area contributed by atoms with Gasteiger partial charge in [-0.05, 0) is 43.4 Å². The van der Waals surface area contributed by atoms with Crippen LogP contribution in [0.2, 0.25) is 5.02 Å². The van der Waals surface area contributed by atoms with E-state index < -0.39 is 5.54 Å². The standard InChI is InChI=1S/C25H28ClN3O3/c1-16-6-3-4-9-19(16)27-24(31)25(2)15-28-20-10-11-32-22(20)13-21(28)23(30)29(25)14-17-7-5-8-18(26)12-17/h5,7-8,10-13,16,19H,3-4,6,9,14-15H2,1-2H3,(H,27,31). The highest BCUT2D eigenvalue weighted by Gasteiger charge is 2.48. The Hall–Kier alpha value is -2.73. The van der Waals surface area contributed by atoms with Crippen LogP contribution in [-0.4, -0.2) is 32.9 Å². The lowest BCUT2D eigenvalue weighted by Crippen LogP contribution is -2.65. The maximum Gasteiger partial charge on any atom is 0.271 e. The van der Waals surface area contributed by atoms with Crippen molar-refractivity contribution < 1.29 is 14.0 Å². The summed E-state index contributed by atoms with van der Waals surface area (Å²) in [5, 5.41) is 3.90. The molecule has 1 N–H and O–H groups in total. The summed E-state index contributed by atoms with van der Waals surface area (Å²) in [7, 11) is 0. The molecule has 0 bridgehead atoms. The number of nitrogens with one attached hydrogen (secondary N) is 1. The second kappa shape index (κ2) is 8.00. The number of rotatable bonds is 4. The molecule has 1 aromatic carbocycles. The van der Waals surface area contributed by atoms with Gasteiger partial charge in [0.25, 0.3) is 5.91 Å². The van der Waals surface area contributed by atoms with Crippen LogP contribution < -0.4 is 5.32 Å². The number of halogens is 1. The lowest BCUT2D eigenvalue weighted by atomic mass is 9.85. The summed E-state index contributed by atoms with van der Waals surface area (Å²) >= 11 is 6.20. The van der Waals surface area contributed by atoms with Crippen molar-refractivity contribution in [3.05, 3.63) is 58.9 Å². The van der Waals surface area contributed by atoms with E-state index in [2.05, 4.69) is 12.2 Å². The van der Waals surface area contributed by atoms with Gasteiger partial charge in [-0.25, -0.2) is 0 Å². The first kappa shape index (κ1) is 21.1. The van der Waals surface area contributed by atoms with Crippen LogP contribution in [0.25, 0.3) is 11.1 Å². The van der Waals surface area contributed by atoms with Gasteiger partial charge in [0, 0.05) is 29.7 Å². The van der Waals surface area contributed by atoms with Gasteiger partial charge in [-0.3, -0.25) is 9.59 Å². The highest BCUT2D eigenvalue weighted by Crippen LogP contribution is 2.35. The predicted octanol–water partition coefficient (Wildman–Crippen LogP) is 5.00. The fraction of sp³-hybridized carbons (Fsp3) is 0.440. The minimum atomic E-state index is -1.05. The summed E-state index contributed by atoms with van der Waals surface area (Å²) in [6.07, 6.45) is 6.03. The number of furan rings is 1. The monoisotopic (exact) mass is 453 g/mol. The summed E-state index contributed by atoms with van der Waals surface area (Å²) in [6.45, 7) is 4.73. The molecule has 32 heavy (non-hydrogen) atoms. The van der Waals surface area contributed by atoms with Crippen LogP contribution in [0.5, 0.6) is 0 Å². The SMILES string of the molecule is CC1CCCCC1NC(=O)C1(C)Cn2c(cc3occc32)C(=O)N1Cc1cccc(Cl)c1. The molecule has 168 valence electrons. The molecule has 3 unspecified atom stereocenters. The lowest BCUT2D eigenvalue weighted by molar-refractivity contribution is -0.134. The van der Waals surface area contributed by atoms with Crippen molar-refractivity contribution >= 4 is 34.5 Å². The lowest BCUT2D eigenvalue weighted by Gasteiger charge is -2.45. The second-order valence-corrected chi connectivity index (χ2v) is 9.86. The van der Waals surface area contributed by atoms with Crippen LogP contribution in [-0.2, 0) is 17.9 Å². The molecule has 2 aromatic heterocycles. The van der Waals surface area contributed by atoms with E-state index in [9.17, 15) is 9.59 Å². The van der Waals surface area contributed by atoms with E-state index in [0.717, 1.165) is 30.3 Å². The Kier molecular flexibility index (Phi) is 5.28. The molecule has 3 atom stereocenters. The van der Waals surface area contributed by atoms with E-state index >= 15 is 0 Å². The molecule has 6 nitrogen and oxygen atoms in total. The molecule has 7 heteroatoms. The van der Waals surface area contributed by atoms with Crippen molar-refractivity contribution in [3.63, 3.8) is 0 Å². The number of carbonyl (C=O) groups excluding carboxylic acids is 2. The fourth-order valence-corrected chi connectivity index (χ4v) is 5.41. The third-order valence-electron chi connectivity index (χ3n) is 7.20. The van der Waals surface area contributed by atoms with Crippen LogP contribution in [0.4, 0.5) is 0 Å². The molecule has 2 aliphatic rings. The number of hydrogen-bond donors (Lipinski definition) is 1. The Bertz CT molecular complexity index is 1180. The molecule has 2 amide bonds. The highest BCUT2D eigenvalue weighted by molar-refractivity contribution is 6.30. The molecule has 3 aromatic rings. The molecule has 5 rings (SSSR count). The number of nitrogens with zero attached hydrogens (tertiary/aromatic N) is 2. The van der Waals surface area contributed by atoms with Crippen LogP contribution >= 0.6 is 11.6 Å². The number of amides is 2. The molecule has 3 heterocycles. The maximum atomic E-state index is 13.8. The summed E-state index contributed by atoms with van der Waals surface area (Å²) in [6, 6.07) is 11.2. The quantitative estimate of drug-likeness (QED) is 0.604. The third kappa shape index (κ3) is 3.51. The van der Waals surface area contributed by atoms with Gasteiger partial charge < -0.3 is 19.2 Å². The van der Waals surface area contributed by atoms with Crippen molar-refractivity contribution in [1.82, 2.24) is 14.8 Å². The Morgan fingerprint density at radius 2 is 2.06 bits per heavy atom. The topological polar surface area (TPSA) is 67.5 Å². The summed E-state index contributed by atoms with van der Waals surface area (Å²) < 4.78 is 7.46. The van der Waals surface area contributed by atoms with Gasteiger partial charge in [0.2, 0.25) is 5.91 Å². The molecule has 1 aliphatic carbocycles. The normalized spacial score (nSPS) is 25.7. The number of aromatic nitrogens is 1. The Labute approximate surface area is 192 Å². The Balaban J connectivity index is 1.53. The third-order valence-corrected chi connectivity index (χ3v) is 7.43. The zero-order valence-electron chi connectivity index (χ0n) is 18.4. The zero-order chi connectivity index (χ0) is 22.5. The number of fused-ring (bicyclic) bond motifs is 3. The Morgan fingerprint density at radius 3 is 2.84 bits per heavy atom. The summed E-state index contributed by atoms with van der Waals surface area (Å²) in [5.74, 6) is 0.138. The van der Waals surface area contributed by atoms with Crippen molar-refractivity contribution in [3.8, 4) is 0 Å². The highest BCUT2D eigenvalue weighted by atomic mass is 35.5. The summed E-state index contributed by atoms with van der Waals surface area (Å²) in [4.78, 5) is 29.2. The van der Waals surface area contributed by atoms with E-state index in [-0.39, 0.29) is 17.9 Å². The first-order valence-corrected chi connectivity index (χ1v) is 11.7. The number of benzene rings is 1. The molecular formula is C25H28ClN3O3. The van der Waals surface area contributed by atoms with E-state index in [1.807, 2.05) is 35.8 Å². The molecule has 1 aliphatic heterocycles. The first-order valence-electron chi connectivity index (χ1n) is 11.3. The minimum Gasteiger partial charge on any atom is -0.463 e. The van der Waals surface area contributed by atoms with Crippen LogP contribution in [0.1, 0.15) is 55.6 Å². The zero-order valence-corrected chi connectivity index (χ0v) is 19.2. The van der Waals surface area contributed by atoms with E-state index in [1.165, 1.54) is 6.42 Å². The molecule has 1 fully saturated rings. The van der Waals surface area contributed by atoms with Crippen molar-refractivity contribution in [2.45, 2.75) is 64.2 Å². The van der Waals surface area contributed by atoms with Gasteiger partial charge in [-0.2, -0.15) is 0 Å². The maximum absolute atomic E-state index is 13.8.